The molecule has 3 N–H and O–H groups in total. The third-order valence-corrected chi connectivity index (χ3v) is 5.64. The molecule has 0 saturated carbocycles. The fourth-order valence-corrected chi connectivity index (χ4v) is 3.83. The number of nitrogens with one attached hydrogen (secondary N) is 3. The summed E-state index contributed by atoms with van der Waals surface area (Å²) in [5, 5.41) is 20.2. The lowest BCUT2D eigenvalue weighted by Crippen LogP contribution is -2.38. The Balaban J connectivity index is 1.40. The molecule has 0 amide bonds. The maximum Gasteiger partial charge on any atom is 0.138 e. The summed E-state index contributed by atoms with van der Waals surface area (Å²) in [4.78, 5) is 2.32. The first kappa shape index (κ1) is 21.5. The summed E-state index contributed by atoms with van der Waals surface area (Å²) in [7, 11) is 0. The van der Waals surface area contributed by atoms with Gasteiger partial charge in [-0.2, -0.15) is 0 Å². The van der Waals surface area contributed by atoms with E-state index in [2.05, 4.69) is 10.2 Å². The lowest BCUT2D eigenvalue weighted by molar-refractivity contribution is 0.0322. The summed E-state index contributed by atoms with van der Waals surface area (Å²) in [6.07, 6.45) is 3.83. The van der Waals surface area contributed by atoms with Gasteiger partial charge in [0.05, 0.1) is 19.4 Å². The van der Waals surface area contributed by atoms with Crippen LogP contribution in [-0.2, 0) is 4.74 Å². The van der Waals surface area contributed by atoms with Crippen molar-refractivity contribution >= 4 is 5.84 Å². The van der Waals surface area contributed by atoms with Crippen molar-refractivity contribution in [2.75, 3.05) is 52.5 Å². The van der Waals surface area contributed by atoms with Gasteiger partial charge in [0.25, 0.3) is 0 Å². The number of benzene rings is 1. The number of hydrogen-bond acceptors (Lipinski definition) is 7. The average molecular weight is 426 g/mol. The third-order valence-electron chi connectivity index (χ3n) is 5.64. The molecule has 0 radical (unpaired) electrons. The zero-order valence-corrected chi connectivity index (χ0v) is 17.8. The van der Waals surface area contributed by atoms with Crippen LogP contribution in [0, 0.1) is 10.8 Å². The van der Waals surface area contributed by atoms with Gasteiger partial charge in [0.15, 0.2) is 0 Å². The van der Waals surface area contributed by atoms with E-state index in [1.54, 1.807) is 22.9 Å². The van der Waals surface area contributed by atoms with E-state index in [4.69, 9.17) is 25.0 Å². The summed E-state index contributed by atoms with van der Waals surface area (Å²) >= 11 is 0. The zero-order valence-electron chi connectivity index (χ0n) is 17.8. The molecule has 31 heavy (non-hydrogen) atoms. The molecule has 2 aliphatic rings. The molecule has 0 aliphatic carbocycles. The molecule has 3 heterocycles. The van der Waals surface area contributed by atoms with Crippen molar-refractivity contribution in [3.05, 3.63) is 53.6 Å². The van der Waals surface area contributed by atoms with Gasteiger partial charge in [0.1, 0.15) is 35.5 Å². The molecule has 8 heteroatoms. The topological polar surface area (TPSA) is 95.6 Å². The second-order valence-corrected chi connectivity index (χ2v) is 7.87. The lowest BCUT2D eigenvalue weighted by Gasteiger charge is -2.26. The number of rotatable bonds is 7. The number of aromatic nitrogens is 1. The Kier molecular flexibility index (Phi) is 7.35. The second kappa shape index (κ2) is 10.6. The predicted molar refractivity (Wildman–Crippen MR) is 118 cm³/mol. The Morgan fingerprint density at radius 3 is 2.71 bits per heavy atom. The summed E-state index contributed by atoms with van der Waals surface area (Å²) in [5.41, 5.74) is 0.933. The Hall–Kier alpha value is -2.68. The number of hydrogen-bond donors (Lipinski definition) is 3. The number of piperidine rings is 1. The van der Waals surface area contributed by atoms with Crippen molar-refractivity contribution in [3.8, 4) is 11.5 Å². The first-order valence-corrected chi connectivity index (χ1v) is 11.0. The summed E-state index contributed by atoms with van der Waals surface area (Å²) < 4.78 is 18.9. The van der Waals surface area contributed by atoms with E-state index in [0.29, 0.717) is 17.9 Å². The van der Waals surface area contributed by atoms with Crippen molar-refractivity contribution < 1.29 is 14.2 Å². The summed E-state index contributed by atoms with van der Waals surface area (Å²) in [6, 6.07) is 11.0. The Bertz CT molecular complexity index is 933. The Labute approximate surface area is 182 Å². The maximum absolute atomic E-state index is 8.66. The first-order chi connectivity index (χ1) is 15.2. The molecule has 166 valence electrons. The van der Waals surface area contributed by atoms with Crippen LogP contribution in [0.5, 0.6) is 11.5 Å². The third kappa shape index (κ3) is 5.94. The highest BCUT2D eigenvalue weighted by molar-refractivity contribution is 5.98. The van der Waals surface area contributed by atoms with Gasteiger partial charge in [0, 0.05) is 25.2 Å². The van der Waals surface area contributed by atoms with E-state index < -0.39 is 0 Å². The predicted octanol–water partition coefficient (Wildman–Crippen LogP) is 1.68. The number of ether oxygens (including phenoxy) is 3. The van der Waals surface area contributed by atoms with E-state index in [9.17, 15) is 0 Å². The van der Waals surface area contributed by atoms with Crippen molar-refractivity contribution in [1.82, 2.24) is 14.8 Å². The van der Waals surface area contributed by atoms with Crippen molar-refractivity contribution in [2.24, 2.45) is 0 Å². The minimum Gasteiger partial charge on any atom is -0.492 e. The molecule has 0 spiro atoms. The number of morpholine rings is 1. The monoisotopic (exact) mass is 425 g/mol. The Morgan fingerprint density at radius 1 is 1.10 bits per heavy atom. The largest absolute Gasteiger partial charge is 0.492 e. The van der Waals surface area contributed by atoms with E-state index in [0.717, 1.165) is 64.5 Å². The lowest BCUT2D eigenvalue weighted by atomic mass is 10.1. The molecule has 2 fully saturated rings. The molecule has 2 aromatic rings. The molecular formula is C23H31N5O3. The van der Waals surface area contributed by atoms with Crippen molar-refractivity contribution in [2.45, 2.75) is 18.9 Å². The van der Waals surface area contributed by atoms with Crippen LogP contribution < -0.4 is 20.3 Å². The highest BCUT2D eigenvalue weighted by Gasteiger charge is 2.15. The normalized spacial score (nSPS) is 17.9. The van der Waals surface area contributed by atoms with Crippen LogP contribution in [0.15, 0.2) is 42.6 Å². The molecule has 4 rings (SSSR count). The van der Waals surface area contributed by atoms with E-state index in [1.807, 2.05) is 24.3 Å². The molecule has 1 aromatic heterocycles. The number of nitrogens with zero attached hydrogens (tertiary/aromatic N) is 2. The fourth-order valence-electron chi connectivity index (χ4n) is 3.83. The fraction of sp³-hybridized carbons (Fsp3) is 0.478. The average Bonchev–Trinajstić information content (AvgIpc) is 2.81. The van der Waals surface area contributed by atoms with Crippen molar-refractivity contribution in [1.29, 1.82) is 10.8 Å². The van der Waals surface area contributed by atoms with Crippen LogP contribution in [0.1, 0.15) is 18.4 Å². The van der Waals surface area contributed by atoms with Gasteiger partial charge in [-0.3, -0.25) is 20.3 Å². The quantitative estimate of drug-likeness (QED) is 0.463. The Morgan fingerprint density at radius 2 is 1.90 bits per heavy atom. The van der Waals surface area contributed by atoms with Gasteiger partial charge >= 0.3 is 0 Å². The van der Waals surface area contributed by atoms with Crippen LogP contribution in [0.2, 0.25) is 0 Å². The van der Waals surface area contributed by atoms with Crippen LogP contribution >= 0.6 is 0 Å². The van der Waals surface area contributed by atoms with Crippen LogP contribution in [0.4, 0.5) is 0 Å². The van der Waals surface area contributed by atoms with Gasteiger partial charge in [-0.05, 0) is 50.2 Å². The molecule has 2 aliphatic heterocycles. The van der Waals surface area contributed by atoms with E-state index in [-0.39, 0.29) is 17.4 Å². The number of pyridine rings is 1. The zero-order chi connectivity index (χ0) is 21.5. The smallest absolute Gasteiger partial charge is 0.138 e. The standard InChI is InChI=1S/C23H31N5O3/c24-22-5-4-21(31-19-6-8-26-9-7-19)17-28(22)23(25)18-2-1-3-20(16-18)30-15-12-27-10-13-29-14-11-27/h1-5,16-17,19,24-26H,6-15H2. The summed E-state index contributed by atoms with van der Waals surface area (Å²) in [6.45, 7) is 6.78. The molecule has 0 unspecified atom stereocenters. The SMILES string of the molecule is N=C(c1cccc(OCCN2CCOCC2)c1)n1cc(OC2CCNCC2)ccc1=N. The van der Waals surface area contributed by atoms with Crippen LogP contribution in [0.3, 0.4) is 0 Å². The van der Waals surface area contributed by atoms with Crippen molar-refractivity contribution in [3.63, 3.8) is 0 Å². The molecule has 1 aromatic carbocycles. The van der Waals surface area contributed by atoms with Crippen LogP contribution in [-0.4, -0.2) is 74.0 Å². The van der Waals surface area contributed by atoms with Gasteiger partial charge in [-0.1, -0.05) is 12.1 Å². The minimum atomic E-state index is 0.170. The van der Waals surface area contributed by atoms with E-state index in [1.165, 1.54) is 0 Å². The molecule has 0 bridgehead atoms. The van der Waals surface area contributed by atoms with Gasteiger partial charge in [0.2, 0.25) is 0 Å². The maximum atomic E-state index is 8.66. The molecular weight excluding hydrogens is 394 g/mol. The van der Waals surface area contributed by atoms with Crippen LogP contribution in [0.25, 0.3) is 0 Å². The summed E-state index contributed by atoms with van der Waals surface area (Å²) in [5.74, 6) is 1.63. The second-order valence-electron chi connectivity index (χ2n) is 7.87. The highest BCUT2D eigenvalue weighted by Crippen LogP contribution is 2.17. The highest BCUT2D eigenvalue weighted by atomic mass is 16.5. The van der Waals surface area contributed by atoms with Gasteiger partial charge in [-0.15, -0.1) is 0 Å². The first-order valence-electron chi connectivity index (χ1n) is 11.0. The molecule has 2 saturated heterocycles. The minimum absolute atomic E-state index is 0.170. The molecule has 0 atom stereocenters. The van der Waals surface area contributed by atoms with Gasteiger partial charge < -0.3 is 19.5 Å². The molecule has 8 nitrogen and oxygen atoms in total. The van der Waals surface area contributed by atoms with Gasteiger partial charge in [-0.25, -0.2) is 0 Å². The van der Waals surface area contributed by atoms with E-state index >= 15 is 0 Å².